The van der Waals surface area contributed by atoms with Gasteiger partial charge in [-0.05, 0) is 19.8 Å². The summed E-state index contributed by atoms with van der Waals surface area (Å²) in [5.41, 5.74) is 0. The second kappa shape index (κ2) is 7.27. The minimum Gasteiger partial charge on any atom is -0.464 e. The first kappa shape index (κ1) is 14.0. The van der Waals surface area contributed by atoms with E-state index in [0.717, 1.165) is 25.7 Å². The van der Waals surface area contributed by atoms with Crippen LogP contribution in [0.1, 0.15) is 45.4 Å². The van der Waals surface area contributed by atoms with Crippen molar-refractivity contribution in [3.8, 4) is 0 Å². The SMILES string of the molecule is CCOC(=O)C1CCCCCCC(O)C(=O)N1. The quantitative estimate of drug-likeness (QED) is 0.702. The molecule has 5 nitrogen and oxygen atoms in total. The molecule has 0 saturated carbocycles. The van der Waals surface area contributed by atoms with Crippen LogP contribution in [0.3, 0.4) is 0 Å². The van der Waals surface area contributed by atoms with E-state index in [2.05, 4.69) is 5.32 Å². The maximum atomic E-state index is 11.6. The second-order valence-electron chi connectivity index (χ2n) is 4.32. The number of hydrogen-bond donors (Lipinski definition) is 2. The highest BCUT2D eigenvalue weighted by atomic mass is 16.5. The van der Waals surface area contributed by atoms with Gasteiger partial charge in [0, 0.05) is 0 Å². The fourth-order valence-corrected chi connectivity index (χ4v) is 1.93. The molecule has 1 heterocycles. The molecule has 2 unspecified atom stereocenters. The number of nitrogens with one attached hydrogen (secondary N) is 1. The topological polar surface area (TPSA) is 75.6 Å². The molecule has 1 fully saturated rings. The van der Waals surface area contributed by atoms with Gasteiger partial charge in [-0.3, -0.25) is 4.79 Å². The van der Waals surface area contributed by atoms with Crippen molar-refractivity contribution in [1.82, 2.24) is 5.32 Å². The third-order valence-corrected chi connectivity index (χ3v) is 2.91. The average Bonchev–Trinajstić information content (AvgIpc) is 2.31. The van der Waals surface area contributed by atoms with Gasteiger partial charge in [-0.2, -0.15) is 0 Å². The van der Waals surface area contributed by atoms with E-state index in [1.807, 2.05) is 0 Å². The standard InChI is InChI=1S/C12H21NO4/c1-2-17-12(16)9-7-5-3-4-6-8-10(14)11(15)13-9/h9-10,14H,2-8H2,1H3,(H,13,15). The van der Waals surface area contributed by atoms with Gasteiger partial charge in [-0.25, -0.2) is 4.79 Å². The van der Waals surface area contributed by atoms with Crippen molar-refractivity contribution in [1.29, 1.82) is 0 Å². The Morgan fingerprint density at radius 2 is 2.00 bits per heavy atom. The number of aliphatic hydroxyl groups is 1. The average molecular weight is 243 g/mol. The molecule has 0 aromatic rings. The number of carbonyl (C=O) groups excluding carboxylic acids is 2. The molecule has 17 heavy (non-hydrogen) atoms. The van der Waals surface area contributed by atoms with E-state index in [1.54, 1.807) is 6.92 Å². The van der Waals surface area contributed by atoms with Gasteiger partial charge in [0.05, 0.1) is 6.61 Å². The van der Waals surface area contributed by atoms with E-state index in [-0.39, 0.29) is 0 Å². The zero-order chi connectivity index (χ0) is 12.7. The lowest BCUT2D eigenvalue weighted by atomic mass is 10.0. The lowest BCUT2D eigenvalue weighted by Gasteiger charge is -2.20. The van der Waals surface area contributed by atoms with Crippen LogP contribution in [0.4, 0.5) is 0 Å². The Kier molecular flexibility index (Phi) is 5.97. The van der Waals surface area contributed by atoms with Gasteiger partial charge in [0.25, 0.3) is 0 Å². The number of hydrogen-bond acceptors (Lipinski definition) is 4. The Bertz CT molecular complexity index is 267. The van der Waals surface area contributed by atoms with E-state index >= 15 is 0 Å². The fraction of sp³-hybridized carbons (Fsp3) is 0.833. The van der Waals surface area contributed by atoms with Crippen LogP contribution in [0.15, 0.2) is 0 Å². The molecular formula is C12H21NO4. The van der Waals surface area contributed by atoms with Crippen molar-refractivity contribution in [3.63, 3.8) is 0 Å². The fourth-order valence-electron chi connectivity index (χ4n) is 1.93. The van der Waals surface area contributed by atoms with E-state index < -0.39 is 24.0 Å². The molecule has 2 atom stereocenters. The zero-order valence-electron chi connectivity index (χ0n) is 10.3. The summed E-state index contributed by atoms with van der Waals surface area (Å²) in [6, 6.07) is -0.616. The van der Waals surface area contributed by atoms with Gasteiger partial charge in [0.2, 0.25) is 5.91 Å². The van der Waals surface area contributed by atoms with Crippen molar-refractivity contribution in [3.05, 3.63) is 0 Å². The first-order valence-electron chi connectivity index (χ1n) is 6.30. The predicted octanol–water partition coefficient (Wildman–Crippen LogP) is 0.749. The second-order valence-corrected chi connectivity index (χ2v) is 4.32. The van der Waals surface area contributed by atoms with Crippen LogP contribution in [0.5, 0.6) is 0 Å². The van der Waals surface area contributed by atoms with Crippen molar-refractivity contribution in [2.75, 3.05) is 6.61 Å². The van der Waals surface area contributed by atoms with Crippen molar-refractivity contribution in [2.45, 2.75) is 57.6 Å². The number of rotatable bonds is 2. The minimum absolute atomic E-state index is 0.299. The molecule has 98 valence electrons. The van der Waals surface area contributed by atoms with Gasteiger partial charge in [0.15, 0.2) is 0 Å². The lowest BCUT2D eigenvalue weighted by molar-refractivity contribution is -0.148. The third kappa shape index (κ3) is 4.73. The largest absolute Gasteiger partial charge is 0.464 e. The Morgan fingerprint density at radius 3 is 2.65 bits per heavy atom. The summed E-state index contributed by atoms with van der Waals surface area (Å²) >= 11 is 0. The highest BCUT2D eigenvalue weighted by Crippen LogP contribution is 2.12. The first-order valence-corrected chi connectivity index (χ1v) is 6.30. The first-order chi connectivity index (χ1) is 8.15. The van der Waals surface area contributed by atoms with Crippen molar-refractivity contribution in [2.24, 2.45) is 0 Å². The summed E-state index contributed by atoms with van der Waals surface area (Å²) in [6.07, 6.45) is 3.76. The van der Waals surface area contributed by atoms with Crippen LogP contribution in [0.2, 0.25) is 0 Å². The maximum absolute atomic E-state index is 11.6. The third-order valence-electron chi connectivity index (χ3n) is 2.91. The summed E-state index contributed by atoms with van der Waals surface area (Å²) in [7, 11) is 0. The Balaban J connectivity index is 2.59. The molecule has 1 aliphatic heterocycles. The molecule has 2 N–H and O–H groups in total. The molecule has 1 aliphatic rings. The molecule has 1 saturated heterocycles. The smallest absolute Gasteiger partial charge is 0.328 e. The van der Waals surface area contributed by atoms with Gasteiger partial charge in [-0.15, -0.1) is 0 Å². The molecule has 0 radical (unpaired) electrons. The molecule has 0 bridgehead atoms. The number of esters is 1. The normalized spacial score (nSPS) is 27.1. The summed E-state index contributed by atoms with van der Waals surface area (Å²) in [5.74, 6) is -0.876. The van der Waals surface area contributed by atoms with Crippen LogP contribution in [0, 0.1) is 0 Å². The summed E-state index contributed by atoms with van der Waals surface area (Å²) in [5, 5.41) is 12.1. The highest BCUT2D eigenvalue weighted by Gasteiger charge is 2.25. The van der Waals surface area contributed by atoms with Gasteiger partial charge < -0.3 is 15.2 Å². The monoisotopic (exact) mass is 243 g/mol. The maximum Gasteiger partial charge on any atom is 0.328 e. The van der Waals surface area contributed by atoms with E-state index in [1.165, 1.54) is 0 Å². The zero-order valence-corrected chi connectivity index (χ0v) is 10.3. The van der Waals surface area contributed by atoms with Gasteiger partial charge in [0.1, 0.15) is 12.1 Å². The Morgan fingerprint density at radius 1 is 1.35 bits per heavy atom. The highest BCUT2D eigenvalue weighted by molar-refractivity contribution is 5.86. The van der Waals surface area contributed by atoms with E-state index in [4.69, 9.17) is 4.74 Å². The molecule has 0 aromatic carbocycles. The minimum atomic E-state index is -1.01. The Hall–Kier alpha value is -1.10. The van der Waals surface area contributed by atoms with Crippen LogP contribution < -0.4 is 5.32 Å². The predicted molar refractivity (Wildman–Crippen MR) is 62.3 cm³/mol. The number of aliphatic hydroxyl groups excluding tert-OH is 1. The van der Waals surface area contributed by atoms with Crippen LogP contribution in [0.25, 0.3) is 0 Å². The summed E-state index contributed by atoms with van der Waals surface area (Å²) in [4.78, 5) is 23.2. The van der Waals surface area contributed by atoms with Crippen LogP contribution in [-0.4, -0.2) is 35.7 Å². The lowest BCUT2D eigenvalue weighted by Crippen LogP contribution is -2.46. The van der Waals surface area contributed by atoms with E-state index in [9.17, 15) is 14.7 Å². The van der Waals surface area contributed by atoms with E-state index in [0.29, 0.717) is 19.4 Å². The van der Waals surface area contributed by atoms with Gasteiger partial charge in [-0.1, -0.05) is 25.7 Å². The molecule has 0 aromatic heterocycles. The molecular weight excluding hydrogens is 222 g/mol. The van der Waals surface area contributed by atoms with Crippen LogP contribution in [-0.2, 0) is 14.3 Å². The van der Waals surface area contributed by atoms with Crippen molar-refractivity contribution >= 4 is 11.9 Å². The molecule has 5 heteroatoms. The number of ether oxygens (including phenoxy) is 1. The van der Waals surface area contributed by atoms with Crippen molar-refractivity contribution < 1.29 is 19.4 Å². The molecule has 0 aliphatic carbocycles. The molecule has 1 rings (SSSR count). The summed E-state index contributed by atoms with van der Waals surface area (Å²) < 4.78 is 4.90. The van der Waals surface area contributed by atoms with Gasteiger partial charge >= 0.3 is 5.97 Å². The molecule has 0 spiro atoms. The summed E-state index contributed by atoms with van der Waals surface area (Å²) in [6.45, 7) is 2.03. The molecule has 1 amide bonds. The van der Waals surface area contributed by atoms with Crippen LogP contribution >= 0.6 is 0 Å². The number of amides is 1. The number of carbonyl (C=O) groups is 2. The Labute approximate surface area is 102 Å².